The fourth-order valence-corrected chi connectivity index (χ4v) is 7.23. The van der Waals surface area contributed by atoms with Gasteiger partial charge in [0.25, 0.3) is 0 Å². The number of likely N-dealkylation sites (tertiary alicyclic amines) is 1. The predicted octanol–water partition coefficient (Wildman–Crippen LogP) is 8.18. The second kappa shape index (κ2) is 14.0. The highest BCUT2D eigenvalue weighted by molar-refractivity contribution is 6.30. The Morgan fingerprint density at radius 3 is 2.53 bits per heavy atom. The molecule has 0 spiro atoms. The van der Waals surface area contributed by atoms with E-state index in [0.29, 0.717) is 18.2 Å². The van der Waals surface area contributed by atoms with Gasteiger partial charge < -0.3 is 25.0 Å². The van der Waals surface area contributed by atoms with Crippen molar-refractivity contribution in [2.24, 2.45) is 5.41 Å². The molecule has 1 saturated heterocycles. The Kier molecular flexibility index (Phi) is 10.4. The first-order chi connectivity index (χ1) is 22.1. The number of hydrogen-bond donors (Lipinski definition) is 2. The summed E-state index contributed by atoms with van der Waals surface area (Å²) in [6, 6.07) is 17.9. The zero-order valence-corrected chi connectivity index (χ0v) is 29.8. The molecular weight excluding hydrogens is 608 g/mol. The zero-order chi connectivity index (χ0) is 34.0. The van der Waals surface area contributed by atoms with Gasteiger partial charge in [0.05, 0.1) is 11.3 Å². The number of halogens is 1. The molecule has 5 rings (SSSR count). The van der Waals surface area contributed by atoms with Crippen molar-refractivity contribution in [2.45, 2.75) is 98.1 Å². The van der Waals surface area contributed by atoms with Crippen molar-refractivity contribution < 1.29 is 14.6 Å². The Morgan fingerprint density at radius 1 is 1.09 bits per heavy atom. The Hall–Kier alpha value is -3.39. The minimum Gasteiger partial charge on any atom is -0.487 e. The number of urea groups is 1. The smallest absolute Gasteiger partial charge is 0.318 e. The number of aliphatic hydroxyl groups is 1. The monoisotopic (exact) mass is 658 g/mol. The highest BCUT2D eigenvalue weighted by atomic mass is 35.5. The summed E-state index contributed by atoms with van der Waals surface area (Å²) in [6.07, 6.45) is 6.69. The SMILES string of the molecule is CC(C)(C)CC(C)(C)NC(=O)N(Cc1ccc(Cl)cc1)[C@H]1CCN(CCC=C2c3cc(C(C)(C)O)ccc3OCc3ncccc32)C1. The van der Waals surface area contributed by atoms with E-state index in [1.807, 2.05) is 53.4 Å². The van der Waals surface area contributed by atoms with Gasteiger partial charge in [0.15, 0.2) is 0 Å². The average Bonchev–Trinajstić information content (AvgIpc) is 3.38. The van der Waals surface area contributed by atoms with Crippen molar-refractivity contribution in [1.29, 1.82) is 0 Å². The Labute approximate surface area is 286 Å². The van der Waals surface area contributed by atoms with Gasteiger partial charge in [-0.2, -0.15) is 0 Å². The first kappa shape index (κ1) is 34.9. The number of hydrogen-bond acceptors (Lipinski definition) is 5. The van der Waals surface area contributed by atoms with Gasteiger partial charge >= 0.3 is 6.03 Å². The van der Waals surface area contributed by atoms with Gasteiger partial charge in [-0.25, -0.2) is 4.79 Å². The minimum atomic E-state index is -0.971. The first-order valence-corrected chi connectivity index (χ1v) is 17.2. The lowest BCUT2D eigenvalue weighted by atomic mass is 9.82. The van der Waals surface area contributed by atoms with E-state index in [0.717, 1.165) is 78.2 Å². The second-order valence-electron chi connectivity index (χ2n) is 15.5. The molecule has 8 heteroatoms. The zero-order valence-electron chi connectivity index (χ0n) is 29.1. The van der Waals surface area contributed by atoms with Crippen LogP contribution in [-0.4, -0.2) is 57.1 Å². The number of aromatic nitrogens is 1. The van der Waals surface area contributed by atoms with Gasteiger partial charge in [0.2, 0.25) is 0 Å². The molecule has 2 amide bonds. The van der Waals surface area contributed by atoms with Gasteiger partial charge in [0.1, 0.15) is 12.4 Å². The fraction of sp³-hybridized carbons (Fsp3) is 0.487. The van der Waals surface area contributed by atoms with Crippen molar-refractivity contribution in [3.05, 3.63) is 99.8 Å². The molecule has 1 atom stereocenters. The third kappa shape index (κ3) is 9.16. The third-order valence-corrected chi connectivity index (χ3v) is 9.20. The lowest BCUT2D eigenvalue weighted by molar-refractivity contribution is 0.0785. The molecule has 0 bridgehead atoms. The summed E-state index contributed by atoms with van der Waals surface area (Å²) in [5, 5.41) is 14.8. The molecular formula is C39H51ClN4O3. The molecule has 2 aliphatic rings. The number of nitrogens with one attached hydrogen (secondary N) is 1. The molecule has 0 saturated carbocycles. The van der Waals surface area contributed by atoms with E-state index in [9.17, 15) is 9.90 Å². The summed E-state index contributed by atoms with van der Waals surface area (Å²) >= 11 is 6.18. The quantitative estimate of drug-likeness (QED) is 0.243. The normalized spacial score (nSPS) is 17.9. The molecule has 252 valence electrons. The number of amides is 2. The van der Waals surface area contributed by atoms with Crippen LogP contribution in [0.15, 0.2) is 66.9 Å². The number of ether oxygens (including phenoxy) is 1. The number of rotatable bonds is 9. The highest BCUT2D eigenvalue weighted by Gasteiger charge is 2.34. The number of carbonyl (C=O) groups excluding carboxylic acids is 1. The van der Waals surface area contributed by atoms with E-state index in [2.05, 4.69) is 62.0 Å². The molecule has 7 nitrogen and oxygen atoms in total. The maximum Gasteiger partial charge on any atom is 0.318 e. The Balaban J connectivity index is 1.34. The van der Waals surface area contributed by atoms with Crippen LogP contribution in [0.5, 0.6) is 5.75 Å². The molecule has 1 fully saturated rings. The van der Waals surface area contributed by atoms with Gasteiger partial charge in [-0.15, -0.1) is 0 Å². The van der Waals surface area contributed by atoms with Gasteiger partial charge in [-0.1, -0.05) is 62.7 Å². The number of pyridine rings is 1. The van der Waals surface area contributed by atoms with E-state index < -0.39 is 5.60 Å². The number of benzene rings is 2. The first-order valence-electron chi connectivity index (χ1n) is 16.8. The molecule has 3 heterocycles. The van der Waals surface area contributed by atoms with Crippen molar-refractivity contribution in [2.75, 3.05) is 19.6 Å². The number of fused-ring (bicyclic) bond motifs is 2. The van der Waals surface area contributed by atoms with E-state index in [4.69, 9.17) is 16.3 Å². The van der Waals surface area contributed by atoms with Crippen LogP contribution < -0.4 is 10.1 Å². The summed E-state index contributed by atoms with van der Waals surface area (Å²) in [6.45, 7) is 18.0. The fourth-order valence-electron chi connectivity index (χ4n) is 7.10. The number of nitrogens with zero attached hydrogens (tertiary/aromatic N) is 3. The van der Waals surface area contributed by atoms with Crippen LogP contribution in [0.2, 0.25) is 5.02 Å². The molecule has 0 unspecified atom stereocenters. The van der Waals surface area contributed by atoms with Crippen LogP contribution in [0, 0.1) is 5.41 Å². The predicted molar refractivity (Wildman–Crippen MR) is 190 cm³/mol. The lowest BCUT2D eigenvalue weighted by Gasteiger charge is -2.37. The van der Waals surface area contributed by atoms with Crippen LogP contribution in [0.25, 0.3) is 5.57 Å². The van der Waals surface area contributed by atoms with Crippen molar-refractivity contribution in [3.63, 3.8) is 0 Å². The standard InChI is InChI=1S/C39H51ClN4O3/c1-37(2,3)26-38(4,5)42-36(45)44(23-27-12-15-29(40)16-13-27)30-18-21-43(24-30)20-9-11-31-32-10-8-19-41-34(32)25-47-35-17-14-28(22-33(31)35)39(6,7)46/h8,10-17,19,22,30,46H,9,18,20-21,23-26H2,1-7H3,(H,42,45)/t30-/m0/s1. The summed E-state index contributed by atoms with van der Waals surface area (Å²) in [7, 11) is 0. The second-order valence-corrected chi connectivity index (χ2v) is 15.9. The van der Waals surface area contributed by atoms with Gasteiger partial charge in [-0.3, -0.25) is 4.98 Å². The Morgan fingerprint density at radius 2 is 1.83 bits per heavy atom. The third-order valence-electron chi connectivity index (χ3n) is 8.95. The van der Waals surface area contributed by atoms with Crippen LogP contribution >= 0.6 is 11.6 Å². The summed E-state index contributed by atoms with van der Waals surface area (Å²) in [5.74, 6) is 0.793. The highest BCUT2D eigenvalue weighted by Crippen LogP contribution is 2.39. The van der Waals surface area contributed by atoms with Crippen molar-refractivity contribution in [3.8, 4) is 5.75 Å². The molecule has 2 aliphatic heterocycles. The summed E-state index contributed by atoms with van der Waals surface area (Å²) in [4.78, 5) is 23.0. The largest absolute Gasteiger partial charge is 0.487 e. The maximum atomic E-state index is 13.9. The molecule has 47 heavy (non-hydrogen) atoms. The molecule has 1 aromatic heterocycles. The molecule has 2 N–H and O–H groups in total. The van der Waals surface area contributed by atoms with E-state index in [-0.39, 0.29) is 23.0 Å². The summed E-state index contributed by atoms with van der Waals surface area (Å²) < 4.78 is 6.19. The Bertz CT molecular complexity index is 1590. The molecule has 2 aromatic carbocycles. The van der Waals surface area contributed by atoms with Crippen molar-refractivity contribution >= 4 is 23.2 Å². The van der Waals surface area contributed by atoms with Gasteiger partial charge in [-0.05, 0) is 99.4 Å². The average molecular weight is 659 g/mol. The van der Waals surface area contributed by atoms with Crippen LogP contribution in [0.1, 0.15) is 95.7 Å². The minimum absolute atomic E-state index is 0.0232. The van der Waals surface area contributed by atoms with Crippen LogP contribution in [-0.2, 0) is 18.8 Å². The van der Waals surface area contributed by atoms with E-state index in [1.54, 1.807) is 20.0 Å². The summed E-state index contributed by atoms with van der Waals surface area (Å²) in [5.41, 5.74) is 4.69. The van der Waals surface area contributed by atoms with Crippen LogP contribution in [0.4, 0.5) is 4.79 Å². The van der Waals surface area contributed by atoms with E-state index in [1.165, 1.54) is 0 Å². The topological polar surface area (TPSA) is 77.9 Å². The lowest BCUT2D eigenvalue weighted by Crippen LogP contribution is -2.54. The molecule has 3 aromatic rings. The van der Waals surface area contributed by atoms with Gasteiger partial charge in [0, 0.05) is 60.1 Å². The van der Waals surface area contributed by atoms with Crippen molar-refractivity contribution in [1.82, 2.24) is 20.1 Å². The molecule has 0 radical (unpaired) electrons. The molecule has 0 aliphatic carbocycles. The maximum absolute atomic E-state index is 13.9. The van der Waals surface area contributed by atoms with E-state index >= 15 is 0 Å². The van der Waals surface area contributed by atoms with Crippen LogP contribution in [0.3, 0.4) is 0 Å². The number of carbonyl (C=O) groups is 1.